The van der Waals surface area contributed by atoms with E-state index < -0.39 is 6.10 Å². The van der Waals surface area contributed by atoms with Crippen molar-refractivity contribution in [3.8, 4) is 11.5 Å². The number of carbonyl (C=O) groups is 1. The molecule has 0 saturated heterocycles. The van der Waals surface area contributed by atoms with Gasteiger partial charge in [-0.2, -0.15) is 0 Å². The van der Waals surface area contributed by atoms with Gasteiger partial charge in [-0.3, -0.25) is 4.79 Å². The predicted octanol–water partition coefficient (Wildman–Crippen LogP) is 0.783. The maximum absolute atomic E-state index is 12.4. The molecule has 0 aliphatic rings. The molecule has 0 bridgehead atoms. The lowest BCUT2D eigenvalue weighted by Crippen LogP contribution is -2.36. The van der Waals surface area contributed by atoms with Crippen LogP contribution in [0.25, 0.3) is 0 Å². The Morgan fingerprint density at radius 1 is 1.30 bits per heavy atom. The lowest BCUT2D eigenvalue weighted by molar-refractivity contribution is 0.0379. The van der Waals surface area contributed by atoms with Crippen LogP contribution in [0.2, 0.25) is 0 Å². The molecule has 6 heteroatoms. The molecule has 0 radical (unpaired) electrons. The van der Waals surface area contributed by atoms with Crippen molar-refractivity contribution < 1.29 is 24.1 Å². The summed E-state index contributed by atoms with van der Waals surface area (Å²) in [5.41, 5.74) is 0.388. The van der Waals surface area contributed by atoms with Crippen LogP contribution in [0.3, 0.4) is 0 Å². The number of carbonyl (C=O) groups excluding carboxylic acids is 1. The quantitative estimate of drug-likeness (QED) is 0.801. The van der Waals surface area contributed by atoms with Gasteiger partial charge >= 0.3 is 0 Å². The second kappa shape index (κ2) is 7.72. The third kappa shape index (κ3) is 3.85. The Bertz CT molecular complexity index is 449. The van der Waals surface area contributed by atoms with Gasteiger partial charge in [0.05, 0.1) is 32.5 Å². The second-order valence-corrected chi connectivity index (χ2v) is 4.34. The minimum atomic E-state index is -0.731. The summed E-state index contributed by atoms with van der Waals surface area (Å²) >= 11 is 0. The summed E-state index contributed by atoms with van der Waals surface area (Å²) in [5.74, 6) is 0.619. The fraction of sp³-hybridized carbons (Fsp3) is 0.500. The van der Waals surface area contributed by atoms with Gasteiger partial charge in [-0.25, -0.2) is 0 Å². The number of amides is 1. The van der Waals surface area contributed by atoms with Crippen molar-refractivity contribution in [1.29, 1.82) is 0 Å². The predicted molar refractivity (Wildman–Crippen MR) is 74.4 cm³/mol. The number of benzene rings is 1. The zero-order chi connectivity index (χ0) is 15.1. The lowest BCUT2D eigenvalue weighted by atomic mass is 10.1. The molecule has 1 rings (SSSR count). The van der Waals surface area contributed by atoms with Crippen LogP contribution in [0.5, 0.6) is 11.5 Å². The summed E-state index contributed by atoms with van der Waals surface area (Å²) in [6, 6.07) is 5.09. The zero-order valence-corrected chi connectivity index (χ0v) is 12.3. The summed E-state index contributed by atoms with van der Waals surface area (Å²) in [5, 5.41) is 9.67. The molecule has 0 aromatic heterocycles. The number of aliphatic hydroxyl groups excluding tert-OH is 1. The van der Waals surface area contributed by atoms with Crippen molar-refractivity contribution in [2.24, 2.45) is 0 Å². The van der Waals surface area contributed by atoms with Crippen molar-refractivity contribution in [1.82, 2.24) is 4.90 Å². The van der Waals surface area contributed by atoms with Gasteiger partial charge in [0.15, 0.2) is 11.5 Å². The first-order valence-electron chi connectivity index (χ1n) is 6.18. The van der Waals surface area contributed by atoms with E-state index in [4.69, 9.17) is 14.2 Å². The SMILES string of the molecule is COCC(O)CN(C)C(=O)c1cccc(OC)c1OC. The second-order valence-electron chi connectivity index (χ2n) is 4.34. The van der Waals surface area contributed by atoms with Crippen LogP contribution >= 0.6 is 0 Å². The fourth-order valence-electron chi connectivity index (χ4n) is 1.91. The number of aliphatic hydroxyl groups is 1. The van der Waals surface area contributed by atoms with E-state index in [0.29, 0.717) is 17.1 Å². The molecule has 1 unspecified atom stereocenters. The summed E-state index contributed by atoms with van der Waals surface area (Å²) < 4.78 is 15.2. The molecule has 1 atom stereocenters. The van der Waals surface area contributed by atoms with E-state index in [0.717, 1.165) is 0 Å². The van der Waals surface area contributed by atoms with Crippen LogP contribution in [0, 0.1) is 0 Å². The molecule has 1 N–H and O–H groups in total. The molecule has 0 heterocycles. The average molecular weight is 283 g/mol. The van der Waals surface area contributed by atoms with Gasteiger partial charge < -0.3 is 24.2 Å². The normalized spacial score (nSPS) is 11.8. The molecule has 1 aromatic rings. The van der Waals surface area contributed by atoms with E-state index >= 15 is 0 Å². The van der Waals surface area contributed by atoms with Crippen LogP contribution in [-0.4, -0.2) is 63.5 Å². The number of para-hydroxylation sites is 1. The summed E-state index contributed by atoms with van der Waals surface area (Å²) in [6.07, 6.45) is -0.731. The van der Waals surface area contributed by atoms with E-state index in [1.165, 1.54) is 26.2 Å². The first kappa shape index (κ1) is 16.3. The van der Waals surface area contributed by atoms with Gasteiger partial charge in [-0.05, 0) is 12.1 Å². The number of hydrogen-bond acceptors (Lipinski definition) is 5. The highest BCUT2D eigenvalue weighted by Gasteiger charge is 2.21. The number of rotatable bonds is 7. The van der Waals surface area contributed by atoms with Crippen molar-refractivity contribution in [2.45, 2.75) is 6.10 Å². The molecular formula is C14H21NO5. The zero-order valence-electron chi connectivity index (χ0n) is 12.3. The number of likely N-dealkylation sites (N-methyl/N-ethyl adjacent to an activating group) is 1. The van der Waals surface area contributed by atoms with Gasteiger partial charge in [0.2, 0.25) is 0 Å². The highest BCUT2D eigenvalue weighted by atomic mass is 16.5. The van der Waals surface area contributed by atoms with Gasteiger partial charge in [0, 0.05) is 20.7 Å². The topological polar surface area (TPSA) is 68.2 Å². The largest absolute Gasteiger partial charge is 0.493 e. The monoisotopic (exact) mass is 283 g/mol. The van der Waals surface area contributed by atoms with Crippen molar-refractivity contribution >= 4 is 5.91 Å². The molecule has 1 amide bonds. The number of methoxy groups -OCH3 is 3. The van der Waals surface area contributed by atoms with E-state index in [1.54, 1.807) is 25.2 Å². The molecule has 112 valence electrons. The van der Waals surface area contributed by atoms with Crippen LogP contribution in [0.1, 0.15) is 10.4 Å². The standard InChI is InChI=1S/C14H21NO5/c1-15(8-10(16)9-18-2)14(17)11-6-5-7-12(19-3)13(11)20-4/h5-7,10,16H,8-9H2,1-4H3. The van der Waals surface area contributed by atoms with Crippen molar-refractivity contribution in [3.63, 3.8) is 0 Å². The molecule has 0 aliphatic carbocycles. The van der Waals surface area contributed by atoms with Crippen LogP contribution in [0.15, 0.2) is 18.2 Å². The minimum Gasteiger partial charge on any atom is -0.493 e. The maximum Gasteiger partial charge on any atom is 0.257 e. The van der Waals surface area contributed by atoms with E-state index in [9.17, 15) is 9.90 Å². The molecule has 0 saturated carbocycles. The Hall–Kier alpha value is -1.79. The third-order valence-electron chi connectivity index (χ3n) is 2.82. The highest BCUT2D eigenvalue weighted by Crippen LogP contribution is 2.31. The Balaban J connectivity index is 2.91. The van der Waals surface area contributed by atoms with E-state index in [2.05, 4.69) is 0 Å². The first-order chi connectivity index (χ1) is 9.54. The average Bonchev–Trinajstić information content (AvgIpc) is 2.45. The summed E-state index contributed by atoms with van der Waals surface area (Å²) in [6.45, 7) is 0.347. The fourth-order valence-corrected chi connectivity index (χ4v) is 1.91. The molecule has 20 heavy (non-hydrogen) atoms. The third-order valence-corrected chi connectivity index (χ3v) is 2.82. The molecule has 0 fully saturated rings. The Morgan fingerprint density at radius 2 is 2.00 bits per heavy atom. The van der Waals surface area contributed by atoms with Gasteiger partial charge in [-0.15, -0.1) is 0 Å². The Morgan fingerprint density at radius 3 is 2.55 bits per heavy atom. The summed E-state index contributed by atoms with van der Waals surface area (Å²) in [4.78, 5) is 13.8. The number of ether oxygens (including phenoxy) is 3. The van der Waals surface area contributed by atoms with Crippen molar-refractivity contribution in [3.05, 3.63) is 23.8 Å². The number of nitrogens with zero attached hydrogens (tertiary/aromatic N) is 1. The molecule has 1 aromatic carbocycles. The summed E-state index contributed by atoms with van der Waals surface area (Å²) in [7, 11) is 6.10. The molecular weight excluding hydrogens is 262 g/mol. The first-order valence-corrected chi connectivity index (χ1v) is 6.18. The van der Waals surface area contributed by atoms with Gasteiger partial charge in [0.25, 0.3) is 5.91 Å². The van der Waals surface area contributed by atoms with Crippen LogP contribution in [0.4, 0.5) is 0 Å². The lowest BCUT2D eigenvalue weighted by Gasteiger charge is -2.22. The molecule has 0 aliphatic heterocycles. The van der Waals surface area contributed by atoms with Crippen molar-refractivity contribution in [2.75, 3.05) is 41.5 Å². The highest BCUT2D eigenvalue weighted by molar-refractivity contribution is 5.97. The van der Waals surface area contributed by atoms with Crippen LogP contribution < -0.4 is 9.47 Å². The van der Waals surface area contributed by atoms with Crippen LogP contribution in [-0.2, 0) is 4.74 Å². The minimum absolute atomic E-state index is 0.173. The maximum atomic E-state index is 12.4. The van der Waals surface area contributed by atoms with Gasteiger partial charge in [0.1, 0.15) is 0 Å². The van der Waals surface area contributed by atoms with Gasteiger partial charge in [-0.1, -0.05) is 6.07 Å². The number of hydrogen-bond donors (Lipinski definition) is 1. The van der Waals surface area contributed by atoms with E-state index in [-0.39, 0.29) is 19.1 Å². The van der Waals surface area contributed by atoms with E-state index in [1.807, 2.05) is 0 Å². The Labute approximate surface area is 118 Å². The smallest absolute Gasteiger partial charge is 0.257 e. The Kier molecular flexibility index (Phi) is 6.27. The molecule has 0 spiro atoms. The molecule has 6 nitrogen and oxygen atoms in total.